The first-order valence-corrected chi connectivity index (χ1v) is 6.16. The quantitative estimate of drug-likeness (QED) is 0.862. The monoisotopic (exact) mass is 265 g/mol. The van der Waals surface area contributed by atoms with Gasteiger partial charge in [0.15, 0.2) is 0 Å². The Morgan fingerprint density at radius 3 is 2.56 bits per heavy atom. The van der Waals surface area contributed by atoms with E-state index in [0.717, 1.165) is 6.20 Å². The van der Waals surface area contributed by atoms with Gasteiger partial charge in [-0.1, -0.05) is 30.3 Å². The zero-order valence-electron chi connectivity index (χ0n) is 9.68. The van der Waals surface area contributed by atoms with Gasteiger partial charge in [0.1, 0.15) is 11.4 Å². The molecule has 1 aromatic heterocycles. The zero-order valence-corrected chi connectivity index (χ0v) is 10.4. The fraction of sp³-hybridized carbons (Fsp3) is 0.214. The Morgan fingerprint density at radius 1 is 1.22 bits per heavy atom. The molecule has 2 rings (SSSR count). The van der Waals surface area contributed by atoms with Crippen molar-refractivity contribution < 1.29 is 9.50 Å². The highest BCUT2D eigenvalue weighted by Gasteiger charge is 2.33. The normalized spacial score (nSPS) is 14.2. The molecule has 18 heavy (non-hydrogen) atoms. The minimum absolute atomic E-state index is 0.198. The van der Waals surface area contributed by atoms with Crippen LogP contribution in [0.2, 0.25) is 0 Å². The van der Waals surface area contributed by atoms with E-state index in [1.54, 1.807) is 24.3 Å². The van der Waals surface area contributed by atoms with E-state index in [1.807, 2.05) is 6.07 Å². The molecule has 0 fully saturated rings. The van der Waals surface area contributed by atoms with Crippen LogP contribution < -0.4 is 0 Å². The maximum absolute atomic E-state index is 13.8. The number of nitrogens with zero attached hydrogens (tertiary/aromatic N) is 1. The van der Waals surface area contributed by atoms with Crippen LogP contribution in [0.1, 0.15) is 17.5 Å². The fourth-order valence-electron chi connectivity index (χ4n) is 2.00. The third kappa shape index (κ3) is 2.37. The minimum atomic E-state index is -1.42. The second-order valence-electron chi connectivity index (χ2n) is 4.02. The average Bonchev–Trinajstić information content (AvgIpc) is 2.40. The molecule has 1 N–H and O–H groups in total. The second kappa shape index (κ2) is 5.46. The SMILES string of the molecule is OC(CCCl)(c1ccccc1)c1ccncc1F. The predicted molar refractivity (Wildman–Crippen MR) is 69.0 cm³/mol. The van der Waals surface area contributed by atoms with Gasteiger partial charge in [-0.15, -0.1) is 11.6 Å². The van der Waals surface area contributed by atoms with Crippen LogP contribution in [0, 0.1) is 5.82 Å². The highest BCUT2D eigenvalue weighted by Crippen LogP contribution is 2.34. The molecule has 0 bridgehead atoms. The van der Waals surface area contributed by atoms with Crippen molar-refractivity contribution in [2.24, 2.45) is 0 Å². The molecule has 0 aliphatic carbocycles. The van der Waals surface area contributed by atoms with E-state index in [9.17, 15) is 9.50 Å². The summed E-state index contributed by atoms with van der Waals surface area (Å²) in [6.07, 6.45) is 2.79. The number of benzene rings is 1. The summed E-state index contributed by atoms with van der Waals surface area (Å²) < 4.78 is 13.8. The van der Waals surface area contributed by atoms with Crippen molar-refractivity contribution in [2.75, 3.05) is 5.88 Å². The molecule has 0 aliphatic rings. The number of aromatic nitrogens is 1. The van der Waals surface area contributed by atoms with Crippen LogP contribution in [-0.4, -0.2) is 16.0 Å². The van der Waals surface area contributed by atoms with Crippen molar-refractivity contribution in [2.45, 2.75) is 12.0 Å². The Morgan fingerprint density at radius 2 is 1.94 bits per heavy atom. The maximum Gasteiger partial charge on any atom is 0.147 e. The Hall–Kier alpha value is -1.45. The molecule has 1 heterocycles. The van der Waals surface area contributed by atoms with Crippen molar-refractivity contribution in [1.82, 2.24) is 4.98 Å². The summed E-state index contributed by atoms with van der Waals surface area (Å²) in [5.74, 6) is -0.304. The third-order valence-corrected chi connectivity index (χ3v) is 3.11. The zero-order chi connectivity index (χ0) is 13.0. The van der Waals surface area contributed by atoms with E-state index >= 15 is 0 Å². The average molecular weight is 266 g/mol. The molecule has 0 aliphatic heterocycles. The van der Waals surface area contributed by atoms with Crippen LogP contribution in [0.25, 0.3) is 0 Å². The molecule has 0 amide bonds. The van der Waals surface area contributed by atoms with Crippen LogP contribution in [0.5, 0.6) is 0 Å². The Balaban J connectivity index is 2.55. The summed E-state index contributed by atoms with van der Waals surface area (Å²) in [5, 5.41) is 10.8. The van der Waals surface area contributed by atoms with Gasteiger partial charge in [-0.3, -0.25) is 4.98 Å². The topological polar surface area (TPSA) is 33.1 Å². The molecule has 2 nitrogen and oxygen atoms in total. The fourth-order valence-corrected chi connectivity index (χ4v) is 2.27. The van der Waals surface area contributed by atoms with Crippen LogP contribution in [0.15, 0.2) is 48.8 Å². The number of hydrogen-bond donors (Lipinski definition) is 1. The lowest BCUT2D eigenvalue weighted by molar-refractivity contribution is 0.0733. The van der Waals surface area contributed by atoms with Crippen LogP contribution in [-0.2, 0) is 5.60 Å². The first-order valence-electron chi connectivity index (χ1n) is 5.62. The highest BCUT2D eigenvalue weighted by atomic mass is 35.5. The largest absolute Gasteiger partial charge is 0.380 e. The van der Waals surface area contributed by atoms with E-state index in [4.69, 9.17) is 11.6 Å². The molecule has 94 valence electrons. The molecular weight excluding hydrogens is 253 g/mol. The minimum Gasteiger partial charge on any atom is -0.380 e. The smallest absolute Gasteiger partial charge is 0.147 e. The van der Waals surface area contributed by atoms with Gasteiger partial charge < -0.3 is 5.11 Å². The molecular formula is C14H13ClFNO. The van der Waals surface area contributed by atoms with Gasteiger partial charge in [0.05, 0.1) is 6.20 Å². The predicted octanol–water partition coefficient (Wildman–Crippen LogP) is 3.09. The summed E-state index contributed by atoms with van der Waals surface area (Å²) in [6.45, 7) is 0. The van der Waals surface area contributed by atoms with Crippen molar-refractivity contribution in [1.29, 1.82) is 0 Å². The van der Waals surface area contributed by atoms with Gasteiger partial charge in [-0.25, -0.2) is 4.39 Å². The highest BCUT2D eigenvalue weighted by molar-refractivity contribution is 6.17. The van der Waals surface area contributed by atoms with Crippen LogP contribution in [0.4, 0.5) is 4.39 Å². The molecule has 1 atom stereocenters. The summed E-state index contributed by atoms with van der Waals surface area (Å²) >= 11 is 5.74. The number of rotatable bonds is 4. The number of alkyl halides is 1. The summed E-state index contributed by atoms with van der Waals surface area (Å²) in [4.78, 5) is 3.69. The molecule has 1 unspecified atom stereocenters. The third-order valence-electron chi connectivity index (χ3n) is 2.93. The molecule has 4 heteroatoms. The summed E-state index contributed by atoms with van der Waals surface area (Å²) in [6, 6.07) is 10.4. The van der Waals surface area contributed by atoms with Gasteiger partial charge in [-0.05, 0) is 18.1 Å². The van der Waals surface area contributed by atoms with E-state index in [1.165, 1.54) is 12.3 Å². The summed E-state index contributed by atoms with van der Waals surface area (Å²) in [7, 11) is 0. The lowest BCUT2D eigenvalue weighted by atomic mass is 9.84. The maximum atomic E-state index is 13.8. The second-order valence-corrected chi connectivity index (χ2v) is 4.40. The van der Waals surface area contributed by atoms with Gasteiger partial charge >= 0.3 is 0 Å². The van der Waals surface area contributed by atoms with Crippen molar-refractivity contribution in [3.05, 3.63) is 65.7 Å². The molecule has 0 saturated heterocycles. The van der Waals surface area contributed by atoms with Crippen LogP contribution >= 0.6 is 11.6 Å². The van der Waals surface area contributed by atoms with E-state index < -0.39 is 11.4 Å². The number of aliphatic hydroxyl groups is 1. The van der Waals surface area contributed by atoms with E-state index in [2.05, 4.69) is 4.98 Å². The van der Waals surface area contributed by atoms with Crippen molar-refractivity contribution in [3.8, 4) is 0 Å². The standard InChI is InChI=1S/C14H13ClFNO/c15-8-7-14(18,11-4-2-1-3-5-11)12-6-9-17-10-13(12)16/h1-6,9-10,18H,7-8H2. The van der Waals surface area contributed by atoms with E-state index in [-0.39, 0.29) is 17.9 Å². The Labute approximate surface area is 110 Å². The molecule has 0 radical (unpaired) electrons. The first-order chi connectivity index (χ1) is 8.68. The molecule has 1 aromatic carbocycles. The molecule has 0 spiro atoms. The van der Waals surface area contributed by atoms with Crippen molar-refractivity contribution >= 4 is 11.6 Å². The lowest BCUT2D eigenvalue weighted by Crippen LogP contribution is -2.29. The molecule has 0 saturated carbocycles. The summed E-state index contributed by atoms with van der Waals surface area (Å²) in [5.41, 5.74) is -0.601. The first kappa shape index (κ1) is 13.0. The number of halogens is 2. The van der Waals surface area contributed by atoms with Crippen molar-refractivity contribution in [3.63, 3.8) is 0 Å². The van der Waals surface area contributed by atoms with Gasteiger partial charge in [0.25, 0.3) is 0 Å². The van der Waals surface area contributed by atoms with Gasteiger partial charge in [-0.2, -0.15) is 0 Å². The Kier molecular flexibility index (Phi) is 3.94. The van der Waals surface area contributed by atoms with Crippen LogP contribution in [0.3, 0.4) is 0 Å². The number of pyridine rings is 1. The molecule has 2 aromatic rings. The van der Waals surface area contributed by atoms with Gasteiger partial charge in [0, 0.05) is 17.6 Å². The van der Waals surface area contributed by atoms with Gasteiger partial charge in [0.2, 0.25) is 0 Å². The van der Waals surface area contributed by atoms with E-state index in [0.29, 0.717) is 5.56 Å². The Bertz CT molecular complexity index is 520. The number of hydrogen-bond acceptors (Lipinski definition) is 2. The lowest BCUT2D eigenvalue weighted by Gasteiger charge is -2.28.